The van der Waals surface area contributed by atoms with E-state index < -0.39 is 29.2 Å². The van der Waals surface area contributed by atoms with Crippen molar-refractivity contribution in [1.82, 2.24) is 0 Å². The molecule has 0 bridgehead atoms. The second-order valence-electron chi connectivity index (χ2n) is 8.08. The van der Waals surface area contributed by atoms with Gasteiger partial charge in [-0.1, -0.05) is 45.9 Å². The molecule has 2 atom stereocenters. The molecule has 0 aliphatic carbocycles. The number of aliphatic carboxylic acids is 2. The van der Waals surface area contributed by atoms with Crippen molar-refractivity contribution in [3.05, 3.63) is 52.2 Å². The third-order valence-corrected chi connectivity index (χ3v) is 5.91. The normalized spacial score (nSPS) is 13.9. The van der Waals surface area contributed by atoms with Crippen LogP contribution in [0.4, 0.5) is 0 Å². The van der Waals surface area contributed by atoms with Gasteiger partial charge in [-0.05, 0) is 41.5 Å². The monoisotopic (exact) mass is 404 g/mol. The molecule has 0 aliphatic heterocycles. The molecule has 152 valence electrons. The Balaban J connectivity index is 2.06. The Morgan fingerprint density at radius 1 is 1.07 bits per heavy atom. The predicted octanol–water partition coefficient (Wildman–Crippen LogP) is 4.92. The van der Waals surface area contributed by atoms with E-state index in [0.717, 1.165) is 10.4 Å². The SMILES string of the molecule is CC(C)[C@H](C(=O)O)c1ccc(OCC(C)(C)[C@H](Cc2cccs2)C(=O)O)cc1. The fourth-order valence-electron chi connectivity index (χ4n) is 3.28. The molecular weight excluding hydrogens is 376 g/mol. The first-order valence-corrected chi connectivity index (χ1v) is 10.2. The Hall–Kier alpha value is -2.34. The van der Waals surface area contributed by atoms with Gasteiger partial charge in [0.25, 0.3) is 0 Å². The molecule has 5 nitrogen and oxygen atoms in total. The molecule has 0 saturated heterocycles. The molecule has 0 unspecified atom stereocenters. The van der Waals surface area contributed by atoms with Gasteiger partial charge in [0.2, 0.25) is 0 Å². The average molecular weight is 405 g/mol. The Morgan fingerprint density at radius 2 is 1.71 bits per heavy atom. The van der Waals surface area contributed by atoms with E-state index in [1.807, 2.05) is 45.2 Å². The van der Waals surface area contributed by atoms with E-state index in [0.29, 0.717) is 12.2 Å². The molecule has 2 rings (SSSR count). The Kier molecular flexibility index (Phi) is 7.24. The van der Waals surface area contributed by atoms with Crippen LogP contribution < -0.4 is 4.74 Å². The number of carboxylic acid groups (broad SMARTS) is 2. The van der Waals surface area contributed by atoms with Crippen LogP contribution in [-0.2, 0) is 16.0 Å². The van der Waals surface area contributed by atoms with Gasteiger partial charge in [0.15, 0.2) is 0 Å². The molecule has 0 radical (unpaired) electrons. The third kappa shape index (κ3) is 5.58. The third-order valence-electron chi connectivity index (χ3n) is 5.01. The zero-order valence-corrected chi connectivity index (χ0v) is 17.5. The number of hydrogen-bond donors (Lipinski definition) is 2. The zero-order chi connectivity index (χ0) is 20.9. The van der Waals surface area contributed by atoms with Crippen LogP contribution in [0.1, 0.15) is 44.1 Å². The fourth-order valence-corrected chi connectivity index (χ4v) is 4.03. The van der Waals surface area contributed by atoms with Crippen LogP contribution in [0.5, 0.6) is 5.75 Å². The maximum absolute atomic E-state index is 11.8. The van der Waals surface area contributed by atoms with Crippen molar-refractivity contribution in [2.24, 2.45) is 17.3 Å². The Labute approximate surface area is 170 Å². The summed E-state index contributed by atoms with van der Waals surface area (Å²) in [6.07, 6.45) is 0.469. The summed E-state index contributed by atoms with van der Waals surface area (Å²) in [5.74, 6) is -2.22. The highest BCUT2D eigenvalue weighted by atomic mass is 32.1. The lowest BCUT2D eigenvalue weighted by Crippen LogP contribution is -2.37. The van der Waals surface area contributed by atoms with Crippen molar-refractivity contribution in [3.8, 4) is 5.75 Å². The molecule has 2 N–H and O–H groups in total. The summed E-state index contributed by atoms with van der Waals surface area (Å²) in [4.78, 5) is 24.3. The highest BCUT2D eigenvalue weighted by Crippen LogP contribution is 2.33. The van der Waals surface area contributed by atoms with E-state index >= 15 is 0 Å². The van der Waals surface area contributed by atoms with Crippen molar-refractivity contribution >= 4 is 23.3 Å². The molecular formula is C22H28O5S. The lowest BCUT2D eigenvalue weighted by atomic mass is 9.77. The zero-order valence-electron chi connectivity index (χ0n) is 16.7. The number of thiophene rings is 1. The summed E-state index contributed by atoms with van der Waals surface area (Å²) in [5.41, 5.74) is 0.158. The van der Waals surface area contributed by atoms with Gasteiger partial charge in [-0.15, -0.1) is 11.3 Å². The standard InChI is InChI=1S/C22H28O5S/c1-14(2)19(21(25)26)15-7-9-16(10-8-15)27-13-22(3,4)18(20(23)24)12-17-6-5-11-28-17/h5-11,14,18-19H,12-13H2,1-4H3,(H,23,24)(H,25,26)/t18-,19+/m1/s1. The number of rotatable bonds is 10. The summed E-state index contributed by atoms with van der Waals surface area (Å²) in [7, 11) is 0. The topological polar surface area (TPSA) is 83.8 Å². The average Bonchev–Trinajstić information content (AvgIpc) is 3.11. The number of carbonyl (C=O) groups is 2. The first-order valence-electron chi connectivity index (χ1n) is 9.32. The molecule has 0 fully saturated rings. The van der Waals surface area contributed by atoms with E-state index in [4.69, 9.17) is 4.74 Å². The van der Waals surface area contributed by atoms with E-state index in [-0.39, 0.29) is 12.5 Å². The van der Waals surface area contributed by atoms with E-state index in [2.05, 4.69) is 0 Å². The summed E-state index contributed by atoms with van der Waals surface area (Å²) in [6, 6.07) is 10.9. The van der Waals surface area contributed by atoms with Gasteiger partial charge in [0.1, 0.15) is 5.75 Å². The highest BCUT2D eigenvalue weighted by Gasteiger charge is 2.36. The Morgan fingerprint density at radius 3 is 2.18 bits per heavy atom. The Bertz CT molecular complexity index is 778. The molecule has 1 heterocycles. The van der Waals surface area contributed by atoms with Gasteiger partial charge in [-0.3, -0.25) is 9.59 Å². The van der Waals surface area contributed by atoms with Gasteiger partial charge in [0.05, 0.1) is 18.4 Å². The van der Waals surface area contributed by atoms with Crippen LogP contribution >= 0.6 is 11.3 Å². The van der Waals surface area contributed by atoms with Crippen molar-refractivity contribution < 1.29 is 24.5 Å². The molecule has 28 heavy (non-hydrogen) atoms. The van der Waals surface area contributed by atoms with E-state index in [9.17, 15) is 19.8 Å². The first kappa shape index (κ1) is 22.0. The van der Waals surface area contributed by atoms with Crippen LogP contribution in [0.3, 0.4) is 0 Å². The fraction of sp³-hybridized carbons (Fsp3) is 0.455. The molecule has 1 aromatic carbocycles. The van der Waals surface area contributed by atoms with Crippen molar-refractivity contribution in [3.63, 3.8) is 0 Å². The lowest BCUT2D eigenvalue weighted by Gasteiger charge is -2.31. The second kappa shape index (κ2) is 9.24. The van der Waals surface area contributed by atoms with Gasteiger partial charge in [-0.25, -0.2) is 0 Å². The predicted molar refractivity (Wildman–Crippen MR) is 110 cm³/mol. The summed E-state index contributed by atoms with van der Waals surface area (Å²) < 4.78 is 5.87. The molecule has 1 aromatic heterocycles. The van der Waals surface area contributed by atoms with Gasteiger partial charge < -0.3 is 14.9 Å². The van der Waals surface area contributed by atoms with Crippen LogP contribution in [0.2, 0.25) is 0 Å². The molecule has 2 aromatic rings. The van der Waals surface area contributed by atoms with Crippen LogP contribution in [0, 0.1) is 17.3 Å². The smallest absolute Gasteiger partial charge is 0.311 e. The minimum atomic E-state index is -0.845. The summed E-state index contributed by atoms with van der Waals surface area (Å²) >= 11 is 1.56. The lowest BCUT2D eigenvalue weighted by molar-refractivity contribution is -0.146. The number of carboxylic acids is 2. The van der Waals surface area contributed by atoms with Crippen molar-refractivity contribution in [2.45, 2.75) is 40.0 Å². The van der Waals surface area contributed by atoms with Crippen LogP contribution in [-0.4, -0.2) is 28.8 Å². The quantitative estimate of drug-likeness (QED) is 0.587. The number of hydrogen-bond acceptors (Lipinski definition) is 4. The van der Waals surface area contributed by atoms with Gasteiger partial charge in [0, 0.05) is 10.3 Å². The molecule has 0 saturated carbocycles. The highest BCUT2D eigenvalue weighted by molar-refractivity contribution is 7.09. The van der Waals surface area contributed by atoms with Crippen LogP contribution in [0.25, 0.3) is 0 Å². The summed E-state index contributed by atoms with van der Waals surface area (Å²) in [6.45, 7) is 7.80. The van der Waals surface area contributed by atoms with Gasteiger partial charge >= 0.3 is 11.9 Å². The molecule has 0 aliphatic rings. The minimum Gasteiger partial charge on any atom is -0.493 e. The van der Waals surface area contributed by atoms with Gasteiger partial charge in [-0.2, -0.15) is 0 Å². The molecule has 0 spiro atoms. The van der Waals surface area contributed by atoms with Crippen molar-refractivity contribution in [1.29, 1.82) is 0 Å². The van der Waals surface area contributed by atoms with Crippen LogP contribution in [0.15, 0.2) is 41.8 Å². The largest absolute Gasteiger partial charge is 0.493 e. The minimum absolute atomic E-state index is 0.0169. The van der Waals surface area contributed by atoms with E-state index in [1.54, 1.807) is 35.6 Å². The number of ether oxygens (including phenoxy) is 1. The first-order chi connectivity index (χ1) is 13.1. The maximum atomic E-state index is 11.8. The molecule has 6 heteroatoms. The maximum Gasteiger partial charge on any atom is 0.311 e. The van der Waals surface area contributed by atoms with E-state index in [1.165, 1.54) is 0 Å². The second-order valence-corrected chi connectivity index (χ2v) is 9.11. The van der Waals surface area contributed by atoms with Crippen molar-refractivity contribution in [2.75, 3.05) is 6.61 Å². The molecule has 0 amide bonds. The number of benzene rings is 1. The summed E-state index contributed by atoms with van der Waals surface area (Å²) in [5, 5.41) is 21.1.